The van der Waals surface area contributed by atoms with Crippen molar-refractivity contribution in [3.63, 3.8) is 0 Å². The van der Waals surface area contributed by atoms with Gasteiger partial charge in [0.2, 0.25) is 10.0 Å². The summed E-state index contributed by atoms with van der Waals surface area (Å²) in [5.41, 5.74) is 1.78. The molecule has 0 fully saturated rings. The Morgan fingerprint density at radius 3 is 2.42 bits per heavy atom. The largest absolute Gasteiger partial charge is 0.374 e. The third kappa shape index (κ3) is 5.19. The van der Waals surface area contributed by atoms with E-state index in [-0.39, 0.29) is 22.6 Å². The second-order valence-corrected chi connectivity index (χ2v) is 8.11. The van der Waals surface area contributed by atoms with Crippen LogP contribution < -0.4 is 4.72 Å². The van der Waals surface area contributed by atoms with Crippen LogP contribution in [0.4, 0.5) is 0 Å². The number of nitrogens with one attached hydrogen (secondary N) is 1. The van der Waals surface area contributed by atoms with Crippen molar-refractivity contribution in [3.05, 3.63) is 63.6 Å². The van der Waals surface area contributed by atoms with Crippen LogP contribution in [0.25, 0.3) is 0 Å². The molecule has 0 bridgehead atoms. The minimum atomic E-state index is -3.77. The fourth-order valence-corrected chi connectivity index (χ4v) is 3.83. The third-order valence-electron chi connectivity index (χ3n) is 3.33. The molecular weight excluding hydrogens is 369 g/mol. The van der Waals surface area contributed by atoms with Crippen LogP contribution >= 0.6 is 23.2 Å². The predicted molar refractivity (Wildman–Crippen MR) is 96.9 cm³/mol. The summed E-state index contributed by atoms with van der Waals surface area (Å²) in [6.45, 7) is 4.47. The number of ether oxygens (including phenoxy) is 1. The molecule has 0 atom stereocenters. The molecule has 4 nitrogen and oxygen atoms in total. The van der Waals surface area contributed by atoms with Crippen LogP contribution in [0.3, 0.4) is 0 Å². The lowest BCUT2D eigenvalue weighted by atomic mass is 10.1. The van der Waals surface area contributed by atoms with Gasteiger partial charge in [-0.1, -0.05) is 47.5 Å². The van der Waals surface area contributed by atoms with Gasteiger partial charge in [-0.15, -0.1) is 0 Å². The zero-order valence-corrected chi connectivity index (χ0v) is 15.8. The Morgan fingerprint density at radius 1 is 1.08 bits per heavy atom. The summed E-state index contributed by atoms with van der Waals surface area (Å²) in [5.74, 6) is 0. The van der Waals surface area contributed by atoms with Crippen LogP contribution in [-0.2, 0) is 27.9 Å². The SMILES string of the molecule is CC(C)OCc1ccccc1CNS(=O)(=O)c1cc(Cl)ccc1Cl. The first-order chi connectivity index (χ1) is 11.3. The predicted octanol–water partition coefficient (Wildman–Crippen LogP) is 4.40. The summed E-state index contributed by atoms with van der Waals surface area (Å²) in [7, 11) is -3.77. The molecule has 24 heavy (non-hydrogen) atoms. The Labute approximate surface area is 152 Å². The molecule has 7 heteroatoms. The molecule has 0 spiro atoms. The third-order valence-corrected chi connectivity index (χ3v) is 5.44. The first-order valence-electron chi connectivity index (χ1n) is 7.42. The monoisotopic (exact) mass is 387 g/mol. The molecule has 0 amide bonds. The number of sulfonamides is 1. The number of hydrogen-bond donors (Lipinski definition) is 1. The highest BCUT2D eigenvalue weighted by Crippen LogP contribution is 2.25. The highest BCUT2D eigenvalue weighted by molar-refractivity contribution is 7.89. The quantitative estimate of drug-likeness (QED) is 0.765. The van der Waals surface area contributed by atoms with E-state index in [4.69, 9.17) is 27.9 Å². The topological polar surface area (TPSA) is 55.4 Å². The molecule has 0 heterocycles. The standard InChI is InChI=1S/C17H19Cl2NO3S/c1-12(2)23-11-14-6-4-3-5-13(14)10-20-24(21,22)17-9-15(18)7-8-16(17)19/h3-9,12,20H,10-11H2,1-2H3. The van der Waals surface area contributed by atoms with Crippen LogP contribution in [0.15, 0.2) is 47.4 Å². The maximum absolute atomic E-state index is 12.5. The van der Waals surface area contributed by atoms with Gasteiger partial charge in [-0.3, -0.25) is 0 Å². The minimum Gasteiger partial charge on any atom is -0.374 e. The minimum absolute atomic E-state index is 0.0346. The molecule has 0 aliphatic carbocycles. The average Bonchev–Trinajstić information content (AvgIpc) is 2.54. The van der Waals surface area contributed by atoms with E-state index in [1.807, 2.05) is 38.1 Å². The molecule has 2 aromatic rings. The van der Waals surface area contributed by atoms with Crippen molar-refractivity contribution in [2.45, 2.75) is 38.0 Å². The molecule has 0 aliphatic heterocycles. The maximum atomic E-state index is 12.5. The van der Waals surface area contributed by atoms with Crippen LogP contribution in [0, 0.1) is 0 Å². The van der Waals surface area contributed by atoms with Gasteiger partial charge in [0.1, 0.15) is 4.90 Å². The fraction of sp³-hybridized carbons (Fsp3) is 0.294. The van der Waals surface area contributed by atoms with E-state index >= 15 is 0 Å². The Kier molecular flexibility index (Phi) is 6.66. The first kappa shape index (κ1) is 19.2. The molecule has 130 valence electrons. The van der Waals surface area contributed by atoms with E-state index in [1.54, 1.807) is 6.07 Å². The molecule has 0 aromatic heterocycles. The van der Waals surface area contributed by atoms with Gasteiger partial charge in [0, 0.05) is 11.6 Å². The highest BCUT2D eigenvalue weighted by Gasteiger charge is 2.18. The summed E-state index contributed by atoms with van der Waals surface area (Å²) in [5, 5.41) is 0.439. The molecule has 0 radical (unpaired) electrons. The van der Waals surface area contributed by atoms with Gasteiger partial charge in [-0.25, -0.2) is 13.1 Å². The lowest BCUT2D eigenvalue weighted by Crippen LogP contribution is -2.24. The average molecular weight is 388 g/mol. The van der Waals surface area contributed by atoms with Gasteiger partial charge >= 0.3 is 0 Å². The van der Waals surface area contributed by atoms with Gasteiger partial charge in [-0.05, 0) is 43.2 Å². The van der Waals surface area contributed by atoms with E-state index in [0.29, 0.717) is 11.6 Å². The second-order valence-electron chi connectivity index (χ2n) is 5.53. The number of rotatable bonds is 7. The van der Waals surface area contributed by atoms with Crippen LogP contribution in [0.2, 0.25) is 10.0 Å². The Hall–Kier alpha value is -1.11. The van der Waals surface area contributed by atoms with Gasteiger partial charge < -0.3 is 4.74 Å². The normalized spacial score (nSPS) is 11.9. The molecule has 2 aromatic carbocycles. The van der Waals surface area contributed by atoms with Crippen molar-refractivity contribution in [1.82, 2.24) is 4.72 Å². The van der Waals surface area contributed by atoms with Crippen LogP contribution in [0.5, 0.6) is 0 Å². The first-order valence-corrected chi connectivity index (χ1v) is 9.66. The Bertz CT molecular complexity index is 807. The van der Waals surface area contributed by atoms with E-state index in [1.165, 1.54) is 12.1 Å². The van der Waals surface area contributed by atoms with Crippen LogP contribution in [-0.4, -0.2) is 14.5 Å². The summed E-state index contributed by atoms with van der Waals surface area (Å²) < 4.78 is 33.1. The van der Waals surface area contributed by atoms with Gasteiger partial charge in [0.05, 0.1) is 17.7 Å². The Balaban J connectivity index is 2.17. The second kappa shape index (κ2) is 8.32. The number of halogens is 2. The molecular formula is C17H19Cl2NO3S. The van der Waals surface area contributed by atoms with Crippen molar-refractivity contribution in [2.24, 2.45) is 0 Å². The van der Waals surface area contributed by atoms with Gasteiger partial charge in [0.25, 0.3) is 0 Å². The van der Waals surface area contributed by atoms with Crippen molar-refractivity contribution < 1.29 is 13.2 Å². The number of benzene rings is 2. The van der Waals surface area contributed by atoms with Crippen molar-refractivity contribution in [2.75, 3.05) is 0 Å². The highest BCUT2D eigenvalue weighted by atomic mass is 35.5. The molecule has 0 saturated carbocycles. The molecule has 2 rings (SSSR count). The zero-order chi connectivity index (χ0) is 17.7. The van der Waals surface area contributed by atoms with Crippen molar-refractivity contribution in [1.29, 1.82) is 0 Å². The summed E-state index contributed by atoms with van der Waals surface area (Å²) in [6.07, 6.45) is 0.0972. The summed E-state index contributed by atoms with van der Waals surface area (Å²) in [6, 6.07) is 11.9. The van der Waals surface area contributed by atoms with E-state index < -0.39 is 10.0 Å². The van der Waals surface area contributed by atoms with E-state index in [2.05, 4.69) is 4.72 Å². The molecule has 0 unspecified atom stereocenters. The lowest BCUT2D eigenvalue weighted by molar-refractivity contribution is 0.0652. The summed E-state index contributed by atoms with van der Waals surface area (Å²) in [4.78, 5) is -0.0346. The van der Waals surface area contributed by atoms with E-state index in [9.17, 15) is 8.42 Å². The van der Waals surface area contributed by atoms with E-state index in [0.717, 1.165) is 11.1 Å². The number of hydrogen-bond acceptors (Lipinski definition) is 3. The summed E-state index contributed by atoms with van der Waals surface area (Å²) >= 11 is 11.8. The smallest absolute Gasteiger partial charge is 0.242 e. The molecule has 1 N–H and O–H groups in total. The van der Waals surface area contributed by atoms with Gasteiger partial charge in [0.15, 0.2) is 0 Å². The zero-order valence-electron chi connectivity index (χ0n) is 13.4. The lowest BCUT2D eigenvalue weighted by Gasteiger charge is -2.13. The van der Waals surface area contributed by atoms with Crippen LogP contribution in [0.1, 0.15) is 25.0 Å². The van der Waals surface area contributed by atoms with Gasteiger partial charge in [-0.2, -0.15) is 0 Å². The molecule has 0 aliphatic rings. The van der Waals surface area contributed by atoms with Crippen molar-refractivity contribution >= 4 is 33.2 Å². The maximum Gasteiger partial charge on any atom is 0.242 e. The molecule has 0 saturated heterocycles. The van der Waals surface area contributed by atoms with Crippen molar-refractivity contribution in [3.8, 4) is 0 Å². The fourth-order valence-electron chi connectivity index (χ4n) is 2.06. The Morgan fingerprint density at radius 2 is 1.75 bits per heavy atom.